The van der Waals surface area contributed by atoms with Crippen LogP contribution in [0.4, 0.5) is 0 Å². The molecule has 1 aliphatic rings. The van der Waals surface area contributed by atoms with Crippen LogP contribution in [0.3, 0.4) is 0 Å². The molecule has 1 aromatic heterocycles. The Kier molecular flexibility index (Phi) is 4.24. The zero-order valence-electron chi connectivity index (χ0n) is 11.8. The van der Waals surface area contributed by atoms with Crippen molar-refractivity contribution in [2.75, 3.05) is 34.8 Å². The summed E-state index contributed by atoms with van der Waals surface area (Å²) in [6.45, 7) is 1.88. The predicted octanol–water partition coefficient (Wildman–Crippen LogP) is 1.12. The first-order valence-corrected chi connectivity index (χ1v) is 6.59. The Morgan fingerprint density at radius 1 is 1.56 bits per heavy atom. The van der Waals surface area contributed by atoms with E-state index in [9.17, 15) is 0 Å². The molecule has 18 heavy (non-hydrogen) atoms. The molecule has 1 fully saturated rings. The van der Waals surface area contributed by atoms with E-state index >= 15 is 0 Å². The second kappa shape index (κ2) is 5.71. The van der Waals surface area contributed by atoms with Crippen LogP contribution in [0.15, 0.2) is 6.20 Å². The summed E-state index contributed by atoms with van der Waals surface area (Å²) in [5, 5.41) is 7.88. The topological polar surface area (TPSA) is 42.3 Å². The van der Waals surface area contributed by atoms with Crippen LogP contribution in [-0.4, -0.2) is 49.5 Å². The van der Waals surface area contributed by atoms with Gasteiger partial charge in [-0.1, -0.05) is 0 Å². The van der Waals surface area contributed by atoms with Crippen LogP contribution in [0.1, 0.15) is 24.6 Å². The average molecular weight is 252 g/mol. The van der Waals surface area contributed by atoms with Gasteiger partial charge in [0.2, 0.25) is 0 Å². The summed E-state index contributed by atoms with van der Waals surface area (Å²) < 4.78 is 7.54. The maximum atomic E-state index is 5.46. The fourth-order valence-electron chi connectivity index (χ4n) is 2.35. The first kappa shape index (κ1) is 13.4. The third kappa shape index (κ3) is 2.84. The number of methoxy groups -OCH3 is 1. The van der Waals surface area contributed by atoms with Crippen LogP contribution in [0.5, 0.6) is 5.75 Å². The molecule has 0 aromatic carbocycles. The maximum absolute atomic E-state index is 5.46. The van der Waals surface area contributed by atoms with E-state index in [1.807, 2.05) is 13.2 Å². The summed E-state index contributed by atoms with van der Waals surface area (Å²) in [6, 6.07) is 0.365. The van der Waals surface area contributed by atoms with E-state index in [1.54, 1.807) is 7.11 Å². The monoisotopic (exact) mass is 252 g/mol. The number of likely N-dealkylation sites (N-methyl/N-ethyl adjacent to an activating group) is 1. The van der Waals surface area contributed by atoms with E-state index in [1.165, 1.54) is 18.5 Å². The van der Waals surface area contributed by atoms with Gasteiger partial charge in [0.25, 0.3) is 0 Å². The standard InChI is InChI=1S/C13H24N4O/c1-14-12(10-5-6-10)13-11(18-4)9-15-17(13)8-7-16(2)3/h9-10,12,14H,5-8H2,1-4H3. The van der Waals surface area contributed by atoms with E-state index in [-0.39, 0.29) is 0 Å². The number of nitrogens with one attached hydrogen (secondary N) is 1. The molecular weight excluding hydrogens is 228 g/mol. The van der Waals surface area contributed by atoms with E-state index < -0.39 is 0 Å². The molecule has 5 heteroatoms. The molecule has 0 spiro atoms. The highest BCUT2D eigenvalue weighted by Crippen LogP contribution is 2.43. The van der Waals surface area contributed by atoms with Gasteiger partial charge >= 0.3 is 0 Å². The van der Waals surface area contributed by atoms with Crippen LogP contribution in [0, 0.1) is 5.92 Å². The van der Waals surface area contributed by atoms with E-state index in [2.05, 4.69) is 34.1 Å². The van der Waals surface area contributed by atoms with Gasteiger partial charge in [0.1, 0.15) is 0 Å². The molecule has 1 heterocycles. The van der Waals surface area contributed by atoms with Gasteiger partial charge in [-0.2, -0.15) is 5.10 Å². The first-order chi connectivity index (χ1) is 8.67. The van der Waals surface area contributed by atoms with Gasteiger partial charge in [-0.05, 0) is 39.9 Å². The lowest BCUT2D eigenvalue weighted by molar-refractivity contribution is 0.351. The summed E-state index contributed by atoms with van der Waals surface area (Å²) in [5.74, 6) is 1.64. The van der Waals surface area contributed by atoms with Gasteiger partial charge in [-0.15, -0.1) is 0 Å². The van der Waals surface area contributed by atoms with Crippen molar-refractivity contribution >= 4 is 0 Å². The fraction of sp³-hybridized carbons (Fsp3) is 0.769. The molecule has 1 aliphatic carbocycles. The summed E-state index contributed by atoms with van der Waals surface area (Å²) in [5.41, 5.74) is 1.20. The van der Waals surface area contributed by atoms with Gasteiger partial charge in [0.05, 0.1) is 31.6 Å². The van der Waals surface area contributed by atoms with Crippen molar-refractivity contribution in [3.05, 3.63) is 11.9 Å². The zero-order valence-corrected chi connectivity index (χ0v) is 11.8. The molecule has 5 nitrogen and oxygen atoms in total. The highest BCUT2D eigenvalue weighted by molar-refractivity contribution is 5.29. The Balaban J connectivity index is 2.20. The molecule has 0 radical (unpaired) electrons. The molecule has 0 aliphatic heterocycles. The largest absolute Gasteiger partial charge is 0.493 e. The van der Waals surface area contributed by atoms with Crippen LogP contribution in [0.25, 0.3) is 0 Å². The number of aromatic nitrogens is 2. The summed E-state index contributed by atoms with van der Waals surface area (Å²) in [6.07, 6.45) is 4.43. The second-order valence-electron chi connectivity index (χ2n) is 5.23. The molecule has 2 rings (SSSR count). The molecule has 0 bridgehead atoms. The van der Waals surface area contributed by atoms with E-state index in [0.717, 1.165) is 24.8 Å². The van der Waals surface area contributed by atoms with Gasteiger partial charge in [-0.25, -0.2) is 0 Å². The fourth-order valence-corrected chi connectivity index (χ4v) is 2.35. The van der Waals surface area contributed by atoms with Gasteiger partial charge in [-0.3, -0.25) is 4.68 Å². The maximum Gasteiger partial charge on any atom is 0.161 e. The average Bonchev–Trinajstić information content (AvgIpc) is 3.09. The highest BCUT2D eigenvalue weighted by Gasteiger charge is 2.35. The van der Waals surface area contributed by atoms with Crippen LogP contribution in [-0.2, 0) is 6.54 Å². The SMILES string of the molecule is CNC(c1c(OC)cnn1CCN(C)C)C1CC1. The predicted molar refractivity (Wildman–Crippen MR) is 71.9 cm³/mol. The Morgan fingerprint density at radius 3 is 2.78 bits per heavy atom. The Morgan fingerprint density at radius 2 is 2.28 bits per heavy atom. The molecule has 1 atom stereocenters. The molecule has 1 unspecified atom stereocenters. The molecule has 102 valence electrons. The summed E-state index contributed by atoms with van der Waals surface area (Å²) in [7, 11) is 7.90. The molecule has 1 N–H and O–H groups in total. The Hall–Kier alpha value is -1.07. The van der Waals surface area contributed by atoms with Crippen molar-refractivity contribution in [1.82, 2.24) is 20.0 Å². The van der Waals surface area contributed by atoms with Crippen molar-refractivity contribution in [3.63, 3.8) is 0 Å². The van der Waals surface area contributed by atoms with Gasteiger partial charge < -0.3 is 15.0 Å². The zero-order chi connectivity index (χ0) is 13.1. The van der Waals surface area contributed by atoms with Crippen LogP contribution in [0.2, 0.25) is 0 Å². The van der Waals surface area contributed by atoms with Crippen molar-refractivity contribution in [3.8, 4) is 5.75 Å². The lowest BCUT2D eigenvalue weighted by atomic mass is 10.1. The molecule has 1 saturated carbocycles. The quantitative estimate of drug-likeness (QED) is 0.790. The van der Waals surface area contributed by atoms with Gasteiger partial charge in [0.15, 0.2) is 5.75 Å². The van der Waals surface area contributed by atoms with Crippen molar-refractivity contribution in [2.45, 2.75) is 25.4 Å². The molecule has 0 amide bonds. The third-order valence-corrected chi connectivity index (χ3v) is 3.52. The van der Waals surface area contributed by atoms with Gasteiger partial charge in [0, 0.05) is 6.54 Å². The first-order valence-electron chi connectivity index (χ1n) is 6.59. The lowest BCUT2D eigenvalue weighted by Gasteiger charge is -2.19. The van der Waals surface area contributed by atoms with Crippen LogP contribution < -0.4 is 10.1 Å². The number of hydrogen-bond acceptors (Lipinski definition) is 4. The molecule has 0 saturated heterocycles. The minimum Gasteiger partial charge on any atom is -0.493 e. The number of rotatable bonds is 7. The van der Waals surface area contributed by atoms with E-state index in [0.29, 0.717) is 6.04 Å². The minimum absolute atomic E-state index is 0.365. The number of nitrogens with zero attached hydrogens (tertiary/aromatic N) is 3. The highest BCUT2D eigenvalue weighted by atomic mass is 16.5. The van der Waals surface area contributed by atoms with E-state index in [4.69, 9.17) is 4.74 Å². The lowest BCUT2D eigenvalue weighted by Crippen LogP contribution is -2.26. The molecule has 1 aromatic rings. The summed E-state index contributed by atoms with van der Waals surface area (Å²) in [4.78, 5) is 2.17. The summed E-state index contributed by atoms with van der Waals surface area (Å²) >= 11 is 0. The minimum atomic E-state index is 0.365. The number of ether oxygens (including phenoxy) is 1. The Bertz CT molecular complexity index is 384. The normalized spacial score (nSPS) is 17.2. The molecular formula is C13H24N4O. The van der Waals surface area contributed by atoms with Crippen LogP contribution >= 0.6 is 0 Å². The number of hydrogen-bond donors (Lipinski definition) is 1. The van der Waals surface area contributed by atoms with Crippen molar-refractivity contribution in [2.24, 2.45) is 5.92 Å². The van der Waals surface area contributed by atoms with Crippen molar-refractivity contribution < 1.29 is 4.74 Å². The van der Waals surface area contributed by atoms with Crippen molar-refractivity contribution in [1.29, 1.82) is 0 Å². The second-order valence-corrected chi connectivity index (χ2v) is 5.23. The smallest absolute Gasteiger partial charge is 0.161 e. The third-order valence-electron chi connectivity index (χ3n) is 3.52. The Labute approximate surface area is 109 Å².